The van der Waals surface area contributed by atoms with Gasteiger partial charge in [-0.1, -0.05) is 48.2 Å². The summed E-state index contributed by atoms with van der Waals surface area (Å²) in [4.78, 5) is 0. The van der Waals surface area contributed by atoms with E-state index < -0.39 is 0 Å². The number of rotatable bonds is 7. The van der Waals surface area contributed by atoms with E-state index in [1.165, 1.54) is 41.8 Å². The standard InChI is InChI=1S/C18H18FN3OS2/c1-3-12-4-7-14(8-5-12)20-17-21-22-18(25-17)24-11-13-6-9-16(23-2)15(19)10-13/h4-10H,3,11H2,1-2H3,(H,20,21). The minimum absolute atomic E-state index is 0.255. The van der Waals surface area contributed by atoms with Crippen LogP contribution in [0.25, 0.3) is 0 Å². The maximum atomic E-state index is 13.7. The normalized spacial score (nSPS) is 10.7. The van der Waals surface area contributed by atoms with Crippen LogP contribution >= 0.6 is 23.1 Å². The molecule has 1 aromatic heterocycles. The zero-order valence-electron chi connectivity index (χ0n) is 14.0. The molecule has 4 nitrogen and oxygen atoms in total. The highest BCUT2D eigenvalue weighted by atomic mass is 32.2. The second kappa shape index (κ2) is 8.31. The minimum atomic E-state index is -0.351. The molecule has 0 unspecified atom stereocenters. The van der Waals surface area contributed by atoms with Gasteiger partial charge in [0.25, 0.3) is 0 Å². The molecule has 0 aliphatic carbocycles. The van der Waals surface area contributed by atoms with E-state index in [0.29, 0.717) is 5.75 Å². The van der Waals surface area contributed by atoms with Crippen LogP contribution in [0.5, 0.6) is 5.75 Å². The van der Waals surface area contributed by atoms with Crippen LogP contribution in [0, 0.1) is 5.82 Å². The molecule has 0 aliphatic rings. The second-order valence-electron chi connectivity index (χ2n) is 5.31. The zero-order chi connectivity index (χ0) is 17.6. The number of hydrogen-bond acceptors (Lipinski definition) is 6. The molecule has 0 radical (unpaired) electrons. The predicted molar refractivity (Wildman–Crippen MR) is 102 cm³/mol. The molecular weight excluding hydrogens is 357 g/mol. The summed E-state index contributed by atoms with van der Waals surface area (Å²) in [5, 5.41) is 12.3. The van der Waals surface area contributed by atoms with Gasteiger partial charge < -0.3 is 10.1 Å². The highest BCUT2D eigenvalue weighted by Crippen LogP contribution is 2.30. The van der Waals surface area contributed by atoms with Crippen LogP contribution in [-0.2, 0) is 12.2 Å². The summed E-state index contributed by atoms with van der Waals surface area (Å²) in [5.74, 6) is 0.529. The number of anilines is 2. The Morgan fingerprint density at radius 2 is 1.88 bits per heavy atom. The molecule has 0 bridgehead atoms. The van der Waals surface area contributed by atoms with Crippen LogP contribution in [-0.4, -0.2) is 17.3 Å². The number of ether oxygens (including phenoxy) is 1. The van der Waals surface area contributed by atoms with Gasteiger partial charge in [-0.15, -0.1) is 10.2 Å². The van der Waals surface area contributed by atoms with Gasteiger partial charge >= 0.3 is 0 Å². The molecule has 1 heterocycles. The number of hydrogen-bond donors (Lipinski definition) is 1. The lowest BCUT2D eigenvalue weighted by Crippen LogP contribution is -1.90. The zero-order valence-corrected chi connectivity index (χ0v) is 15.6. The third-order valence-electron chi connectivity index (χ3n) is 3.60. The van der Waals surface area contributed by atoms with Gasteiger partial charge in [-0.3, -0.25) is 0 Å². The highest BCUT2D eigenvalue weighted by molar-refractivity contribution is 8.00. The first-order valence-electron chi connectivity index (χ1n) is 7.82. The molecule has 1 N–H and O–H groups in total. The van der Waals surface area contributed by atoms with Crippen molar-refractivity contribution in [3.8, 4) is 5.75 Å². The van der Waals surface area contributed by atoms with Crippen molar-refractivity contribution in [2.24, 2.45) is 0 Å². The van der Waals surface area contributed by atoms with Gasteiger partial charge in [-0.25, -0.2) is 4.39 Å². The lowest BCUT2D eigenvalue weighted by molar-refractivity contribution is 0.386. The first kappa shape index (κ1) is 17.7. The van der Waals surface area contributed by atoms with Crippen molar-refractivity contribution < 1.29 is 9.13 Å². The number of nitrogens with one attached hydrogen (secondary N) is 1. The van der Waals surface area contributed by atoms with Gasteiger partial charge in [0, 0.05) is 11.4 Å². The average molecular weight is 375 g/mol. The Morgan fingerprint density at radius 1 is 1.12 bits per heavy atom. The largest absolute Gasteiger partial charge is 0.494 e. The van der Waals surface area contributed by atoms with E-state index in [-0.39, 0.29) is 11.6 Å². The number of aromatic nitrogens is 2. The Labute approximate surface area is 154 Å². The second-order valence-corrected chi connectivity index (χ2v) is 7.51. The Bertz CT molecular complexity index is 837. The summed E-state index contributed by atoms with van der Waals surface area (Å²) in [6.07, 6.45) is 1.02. The Balaban J connectivity index is 1.58. The lowest BCUT2D eigenvalue weighted by Gasteiger charge is -2.04. The smallest absolute Gasteiger partial charge is 0.210 e. The van der Waals surface area contributed by atoms with Crippen LogP contribution in [0.3, 0.4) is 0 Å². The van der Waals surface area contributed by atoms with Gasteiger partial charge in [0.15, 0.2) is 15.9 Å². The van der Waals surface area contributed by atoms with Crippen LogP contribution < -0.4 is 10.1 Å². The highest BCUT2D eigenvalue weighted by Gasteiger charge is 2.08. The molecule has 3 rings (SSSR count). The van der Waals surface area contributed by atoms with Gasteiger partial charge in [-0.05, 0) is 41.8 Å². The Morgan fingerprint density at radius 3 is 2.56 bits per heavy atom. The summed E-state index contributed by atoms with van der Waals surface area (Å²) in [5.41, 5.74) is 3.16. The van der Waals surface area contributed by atoms with Crippen LogP contribution in [0.4, 0.5) is 15.2 Å². The molecule has 0 atom stereocenters. The topological polar surface area (TPSA) is 47.0 Å². The predicted octanol–water partition coefficient (Wildman–Crippen LogP) is 5.28. The van der Waals surface area contributed by atoms with Crippen molar-refractivity contribution in [1.29, 1.82) is 0 Å². The lowest BCUT2D eigenvalue weighted by atomic mass is 10.1. The van der Waals surface area contributed by atoms with Crippen molar-refractivity contribution in [2.75, 3.05) is 12.4 Å². The number of halogens is 1. The van der Waals surface area contributed by atoms with E-state index in [1.807, 2.05) is 18.2 Å². The molecule has 0 fully saturated rings. The van der Waals surface area contributed by atoms with Gasteiger partial charge in [0.2, 0.25) is 5.13 Å². The monoisotopic (exact) mass is 375 g/mol. The van der Waals surface area contributed by atoms with Crippen molar-refractivity contribution in [1.82, 2.24) is 10.2 Å². The fraction of sp³-hybridized carbons (Fsp3) is 0.222. The first-order chi connectivity index (χ1) is 12.2. The van der Waals surface area contributed by atoms with E-state index in [9.17, 15) is 4.39 Å². The summed E-state index contributed by atoms with van der Waals surface area (Å²) in [6, 6.07) is 13.2. The van der Waals surface area contributed by atoms with Crippen molar-refractivity contribution in [2.45, 2.75) is 23.4 Å². The Kier molecular flexibility index (Phi) is 5.88. The molecule has 0 spiro atoms. The molecule has 2 aromatic carbocycles. The maximum absolute atomic E-state index is 13.7. The fourth-order valence-electron chi connectivity index (χ4n) is 2.21. The number of thioether (sulfide) groups is 1. The van der Waals surface area contributed by atoms with Crippen LogP contribution in [0.1, 0.15) is 18.1 Å². The molecule has 7 heteroatoms. The minimum Gasteiger partial charge on any atom is -0.494 e. The molecule has 3 aromatic rings. The molecule has 130 valence electrons. The van der Waals surface area contributed by atoms with Crippen LogP contribution in [0.2, 0.25) is 0 Å². The van der Waals surface area contributed by atoms with E-state index in [0.717, 1.165) is 27.1 Å². The SMILES string of the molecule is CCc1ccc(Nc2nnc(SCc3ccc(OC)c(F)c3)s2)cc1. The number of methoxy groups -OCH3 is 1. The summed E-state index contributed by atoms with van der Waals surface area (Å²) in [7, 11) is 1.46. The van der Waals surface area contributed by atoms with E-state index in [2.05, 4.69) is 34.6 Å². The van der Waals surface area contributed by atoms with E-state index in [4.69, 9.17) is 4.74 Å². The van der Waals surface area contributed by atoms with Gasteiger partial charge in [-0.2, -0.15) is 0 Å². The van der Waals surface area contributed by atoms with E-state index in [1.54, 1.807) is 6.07 Å². The third kappa shape index (κ3) is 4.70. The third-order valence-corrected chi connectivity index (χ3v) is 5.64. The quantitative estimate of drug-likeness (QED) is 0.569. The number of aryl methyl sites for hydroxylation is 1. The van der Waals surface area contributed by atoms with Crippen LogP contribution in [0.15, 0.2) is 46.8 Å². The van der Waals surface area contributed by atoms with Crippen molar-refractivity contribution in [3.63, 3.8) is 0 Å². The summed E-state index contributed by atoms with van der Waals surface area (Å²) < 4.78 is 19.5. The van der Waals surface area contributed by atoms with Crippen molar-refractivity contribution >= 4 is 33.9 Å². The van der Waals surface area contributed by atoms with Gasteiger partial charge in [0.05, 0.1) is 7.11 Å². The Hall–Kier alpha value is -2.12. The molecule has 0 aliphatic heterocycles. The number of benzene rings is 2. The molecule has 0 saturated heterocycles. The maximum Gasteiger partial charge on any atom is 0.210 e. The van der Waals surface area contributed by atoms with Crippen molar-refractivity contribution in [3.05, 3.63) is 59.4 Å². The van der Waals surface area contributed by atoms with E-state index >= 15 is 0 Å². The first-order valence-corrected chi connectivity index (χ1v) is 9.63. The molecule has 0 saturated carbocycles. The molecular formula is C18H18FN3OS2. The average Bonchev–Trinajstić information content (AvgIpc) is 3.08. The fourth-order valence-corrected chi connectivity index (χ4v) is 3.93. The molecule has 0 amide bonds. The summed E-state index contributed by atoms with van der Waals surface area (Å²) in [6.45, 7) is 2.13. The summed E-state index contributed by atoms with van der Waals surface area (Å²) >= 11 is 3.01. The number of nitrogens with zero attached hydrogens (tertiary/aromatic N) is 2. The van der Waals surface area contributed by atoms with Gasteiger partial charge in [0.1, 0.15) is 0 Å². The molecule has 25 heavy (non-hydrogen) atoms.